The minimum atomic E-state index is -0.656. The van der Waals surface area contributed by atoms with Crippen molar-refractivity contribution in [1.82, 2.24) is 20.0 Å². The number of benzene rings is 1. The van der Waals surface area contributed by atoms with Gasteiger partial charge in [0.05, 0.1) is 29.9 Å². The van der Waals surface area contributed by atoms with Gasteiger partial charge in [0.15, 0.2) is 0 Å². The number of halogens is 1. The van der Waals surface area contributed by atoms with Crippen LogP contribution in [0, 0.1) is 17.7 Å². The Kier molecular flexibility index (Phi) is 4.40. The molecule has 4 saturated carbocycles. The van der Waals surface area contributed by atoms with Crippen molar-refractivity contribution in [1.29, 1.82) is 0 Å². The second-order valence-electron chi connectivity index (χ2n) is 10.6. The van der Waals surface area contributed by atoms with Crippen LogP contribution >= 0.6 is 0 Å². The number of hydrogen-bond donors (Lipinski definition) is 3. The van der Waals surface area contributed by atoms with Crippen molar-refractivity contribution < 1.29 is 19.1 Å². The van der Waals surface area contributed by atoms with Crippen molar-refractivity contribution in [2.75, 3.05) is 6.54 Å². The fourth-order valence-corrected chi connectivity index (χ4v) is 7.25. The summed E-state index contributed by atoms with van der Waals surface area (Å²) < 4.78 is 15.5. The maximum atomic E-state index is 13.8. The third-order valence-corrected chi connectivity index (χ3v) is 8.01. The van der Waals surface area contributed by atoms with Gasteiger partial charge in [-0.25, -0.2) is 9.18 Å². The predicted molar refractivity (Wildman–Crippen MR) is 117 cm³/mol. The van der Waals surface area contributed by atoms with Crippen LogP contribution < -0.4 is 11.1 Å². The van der Waals surface area contributed by atoms with Crippen molar-refractivity contribution in [2.45, 2.75) is 62.8 Å². The predicted octanol–water partition coefficient (Wildman–Crippen LogP) is 2.40. The van der Waals surface area contributed by atoms with E-state index in [0.29, 0.717) is 48.3 Å². The first-order chi connectivity index (χ1) is 15.7. The standard InChI is InChI=1S/C24H28FN5O3/c25-17-3-1-2-16(7-17)20-19(21(26)31)18-12-29(4-5-30(18)28-20)22(32)27-23-8-14-6-15(9-23)11-24(33,10-14)13-23/h1-3,7,14-15,33H,4-6,8-13H2,(H2,26,31)(H,27,32). The Morgan fingerprint density at radius 3 is 2.61 bits per heavy atom. The average molecular weight is 454 g/mol. The van der Waals surface area contributed by atoms with Crippen LogP contribution in [0.15, 0.2) is 24.3 Å². The Labute approximate surface area is 190 Å². The number of nitrogens with zero attached hydrogens (tertiary/aromatic N) is 3. The maximum absolute atomic E-state index is 13.8. The van der Waals surface area contributed by atoms with Gasteiger partial charge in [0, 0.05) is 17.6 Å². The summed E-state index contributed by atoms with van der Waals surface area (Å²) in [6, 6.07) is 5.72. The third kappa shape index (κ3) is 3.40. The van der Waals surface area contributed by atoms with E-state index in [0.717, 1.165) is 32.1 Å². The number of primary amides is 1. The van der Waals surface area contributed by atoms with E-state index in [2.05, 4.69) is 10.4 Å². The molecule has 9 heteroatoms. The van der Waals surface area contributed by atoms with Gasteiger partial charge in [-0.3, -0.25) is 9.48 Å². The van der Waals surface area contributed by atoms with Crippen molar-refractivity contribution in [2.24, 2.45) is 17.6 Å². The van der Waals surface area contributed by atoms with Gasteiger partial charge in [0.2, 0.25) is 0 Å². The Hall–Kier alpha value is -2.94. The molecule has 4 N–H and O–H groups in total. The van der Waals surface area contributed by atoms with Crippen molar-refractivity contribution in [3.8, 4) is 11.3 Å². The molecule has 33 heavy (non-hydrogen) atoms. The molecule has 7 rings (SSSR count). The minimum Gasteiger partial charge on any atom is -0.390 e. The van der Waals surface area contributed by atoms with E-state index in [1.807, 2.05) is 0 Å². The summed E-state index contributed by atoms with van der Waals surface area (Å²) in [6.07, 6.45) is 5.28. The summed E-state index contributed by atoms with van der Waals surface area (Å²) in [5.74, 6) is -0.141. The number of aromatic nitrogens is 2. The lowest BCUT2D eigenvalue weighted by Crippen LogP contribution is -2.66. The zero-order valence-corrected chi connectivity index (χ0v) is 18.4. The van der Waals surface area contributed by atoms with Crippen LogP contribution in [-0.4, -0.2) is 49.4 Å². The van der Waals surface area contributed by atoms with Gasteiger partial charge in [0.1, 0.15) is 11.5 Å². The van der Waals surface area contributed by atoms with E-state index in [1.165, 1.54) is 12.1 Å². The zero-order valence-electron chi connectivity index (χ0n) is 18.4. The molecule has 4 fully saturated rings. The molecule has 1 aromatic carbocycles. The molecule has 1 aromatic heterocycles. The third-order valence-electron chi connectivity index (χ3n) is 8.01. The molecule has 8 nitrogen and oxygen atoms in total. The monoisotopic (exact) mass is 453 g/mol. The molecular weight excluding hydrogens is 425 g/mol. The normalized spacial score (nSPS) is 32.0. The second-order valence-corrected chi connectivity index (χ2v) is 10.6. The first-order valence-corrected chi connectivity index (χ1v) is 11.7. The van der Waals surface area contributed by atoms with Gasteiger partial charge < -0.3 is 21.1 Å². The summed E-state index contributed by atoms with van der Waals surface area (Å²) in [6.45, 7) is 1.05. The summed E-state index contributed by atoms with van der Waals surface area (Å²) in [5.41, 5.74) is 6.28. The van der Waals surface area contributed by atoms with Crippen LogP contribution in [0.5, 0.6) is 0 Å². The molecule has 4 bridgehead atoms. The Morgan fingerprint density at radius 2 is 1.94 bits per heavy atom. The van der Waals surface area contributed by atoms with Crippen molar-refractivity contribution in [3.05, 3.63) is 41.3 Å². The highest BCUT2D eigenvalue weighted by Crippen LogP contribution is 2.57. The van der Waals surface area contributed by atoms with Gasteiger partial charge in [-0.1, -0.05) is 12.1 Å². The number of nitrogens with two attached hydrogens (primary N) is 1. The molecule has 4 aliphatic carbocycles. The molecule has 3 amide bonds. The molecule has 1 aliphatic heterocycles. The number of nitrogens with one attached hydrogen (secondary N) is 1. The maximum Gasteiger partial charge on any atom is 0.318 e. The molecule has 174 valence electrons. The zero-order chi connectivity index (χ0) is 23.0. The molecule has 0 saturated heterocycles. The summed E-state index contributed by atoms with van der Waals surface area (Å²) >= 11 is 0. The summed E-state index contributed by atoms with van der Waals surface area (Å²) in [5, 5.41) is 18.8. The van der Waals surface area contributed by atoms with Gasteiger partial charge in [0.25, 0.3) is 5.91 Å². The minimum absolute atomic E-state index is 0.185. The topological polar surface area (TPSA) is 113 Å². The van der Waals surface area contributed by atoms with Crippen LogP contribution in [0.3, 0.4) is 0 Å². The van der Waals surface area contributed by atoms with E-state index < -0.39 is 17.3 Å². The smallest absolute Gasteiger partial charge is 0.318 e. The molecule has 0 spiro atoms. The molecule has 2 unspecified atom stereocenters. The highest BCUT2D eigenvalue weighted by Gasteiger charge is 2.58. The second kappa shape index (κ2) is 7.03. The number of urea groups is 1. The van der Waals surface area contributed by atoms with Gasteiger partial charge in [-0.2, -0.15) is 5.10 Å². The fraction of sp³-hybridized carbons (Fsp3) is 0.542. The van der Waals surface area contributed by atoms with Crippen molar-refractivity contribution in [3.63, 3.8) is 0 Å². The molecule has 2 atom stereocenters. The Balaban J connectivity index is 1.26. The fourth-order valence-electron chi connectivity index (χ4n) is 7.25. The van der Waals surface area contributed by atoms with Gasteiger partial charge >= 0.3 is 6.03 Å². The lowest BCUT2D eigenvalue weighted by atomic mass is 9.51. The molecule has 5 aliphatic rings. The molecular formula is C24H28FN5O3. The van der Waals surface area contributed by atoms with E-state index in [4.69, 9.17) is 5.73 Å². The molecule has 2 heterocycles. The van der Waals surface area contributed by atoms with Crippen LogP contribution in [-0.2, 0) is 13.1 Å². The van der Waals surface area contributed by atoms with Crippen LogP contribution in [0.2, 0.25) is 0 Å². The molecule has 0 radical (unpaired) electrons. The van der Waals surface area contributed by atoms with E-state index in [9.17, 15) is 19.1 Å². The number of carbonyl (C=O) groups is 2. The highest BCUT2D eigenvalue weighted by atomic mass is 19.1. The first kappa shape index (κ1) is 20.7. The van der Waals surface area contributed by atoms with Gasteiger partial charge in [-0.15, -0.1) is 0 Å². The number of hydrogen-bond acceptors (Lipinski definition) is 4. The number of amides is 3. The first-order valence-electron chi connectivity index (χ1n) is 11.7. The van der Waals surface area contributed by atoms with E-state index >= 15 is 0 Å². The van der Waals surface area contributed by atoms with Crippen LogP contribution in [0.4, 0.5) is 9.18 Å². The Bertz CT molecular complexity index is 1150. The molecule has 2 aromatic rings. The Morgan fingerprint density at radius 1 is 1.18 bits per heavy atom. The largest absolute Gasteiger partial charge is 0.390 e. The van der Waals surface area contributed by atoms with Crippen LogP contribution in [0.25, 0.3) is 11.3 Å². The number of fused-ring (bicyclic) bond motifs is 1. The van der Waals surface area contributed by atoms with Crippen molar-refractivity contribution >= 4 is 11.9 Å². The van der Waals surface area contributed by atoms with E-state index in [1.54, 1.807) is 21.7 Å². The van der Waals surface area contributed by atoms with Crippen LogP contribution in [0.1, 0.15) is 54.6 Å². The lowest BCUT2D eigenvalue weighted by Gasteiger charge is -2.60. The number of carbonyl (C=O) groups excluding carboxylic acids is 2. The number of aliphatic hydroxyl groups is 1. The number of rotatable bonds is 3. The highest BCUT2D eigenvalue weighted by molar-refractivity contribution is 6.00. The average Bonchev–Trinajstić information content (AvgIpc) is 3.10. The lowest BCUT2D eigenvalue weighted by molar-refractivity contribution is -0.139. The van der Waals surface area contributed by atoms with Gasteiger partial charge in [-0.05, 0) is 62.5 Å². The SMILES string of the molecule is NC(=O)c1c(-c2cccc(F)c2)nn2c1CN(C(=O)NC13CC4CC(CC(O)(C4)C1)C3)CC2. The van der Waals surface area contributed by atoms with E-state index in [-0.39, 0.29) is 23.7 Å². The quantitative estimate of drug-likeness (QED) is 0.662. The summed E-state index contributed by atoms with van der Waals surface area (Å²) in [7, 11) is 0. The summed E-state index contributed by atoms with van der Waals surface area (Å²) in [4.78, 5) is 27.4.